The van der Waals surface area contributed by atoms with Crippen LogP contribution in [0.5, 0.6) is 0 Å². The molecule has 1 fully saturated rings. The highest BCUT2D eigenvalue weighted by molar-refractivity contribution is 6.35. The molecule has 0 aromatic rings. The van der Waals surface area contributed by atoms with Crippen LogP contribution >= 0.6 is 0 Å². The Balaban J connectivity index is 2.64. The maximum absolute atomic E-state index is 11.2. The van der Waals surface area contributed by atoms with E-state index in [0.717, 1.165) is 6.42 Å². The van der Waals surface area contributed by atoms with E-state index in [2.05, 4.69) is 5.32 Å². The number of piperazine rings is 1. The summed E-state index contributed by atoms with van der Waals surface area (Å²) in [6, 6.07) is 0.170. The summed E-state index contributed by atoms with van der Waals surface area (Å²) in [5, 5.41) is 2.51. The number of nitrogens with zero attached hydrogens (tertiary/aromatic N) is 1. The highest BCUT2D eigenvalue weighted by atomic mass is 16.2. The number of rotatable bonds is 2. The molecular weight excluding hydrogens is 156 g/mol. The quantitative estimate of drug-likeness (QED) is 0.581. The van der Waals surface area contributed by atoms with Crippen LogP contribution in [0.15, 0.2) is 0 Å². The van der Waals surface area contributed by atoms with Gasteiger partial charge in [0.05, 0.1) is 0 Å². The zero-order valence-corrected chi connectivity index (χ0v) is 7.46. The maximum Gasteiger partial charge on any atom is 0.312 e. The minimum Gasteiger partial charge on any atom is -0.346 e. The molecule has 1 atom stereocenters. The average molecular weight is 170 g/mol. The Morgan fingerprint density at radius 1 is 1.58 bits per heavy atom. The Morgan fingerprint density at radius 2 is 2.25 bits per heavy atom. The molecule has 1 unspecified atom stereocenters. The summed E-state index contributed by atoms with van der Waals surface area (Å²) in [7, 11) is 0. The van der Waals surface area contributed by atoms with Gasteiger partial charge in [0.1, 0.15) is 0 Å². The molecule has 0 saturated carbocycles. The number of hydrogen-bond acceptors (Lipinski definition) is 2. The molecule has 4 heteroatoms. The van der Waals surface area contributed by atoms with E-state index in [0.29, 0.717) is 13.1 Å². The van der Waals surface area contributed by atoms with Gasteiger partial charge in [-0.15, -0.1) is 0 Å². The van der Waals surface area contributed by atoms with E-state index in [-0.39, 0.29) is 6.04 Å². The first-order chi connectivity index (χ1) is 5.66. The molecule has 1 aliphatic rings. The van der Waals surface area contributed by atoms with Gasteiger partial charge in [-0.25, -0.2) is 0 Å². The summed E-state index contributed by atoms with van der Waals surface area (Å²) in [5.74, 6) is -0.864. The Morgan fingerprint density at radius 3 is 2.83 bits per heavy atom. The Kier molecular flexibility index (Phi) is 2.68. The average Bonchev–Trinajstić information content (AvgIpc) is 2.08. The van der Waals surface area contributed by atoms with Crippen molar-refractivity contribution in [2.24, 2.45) is 0 Å². The van der Waals surface area contributed by atoms with E-state index in [9.17, 15) is 9.59 Å². The van der Waals surface area contributed by atoms with Gasteiger partial charge in [0.25, 0.3) is 0 Å². The number of hydrogen-bond donors (Lipinski definition) is 1. The van der Waals surface area contributed by atoms with Crippen molar-refractivity contribution in [3.05, 3.63) is 0 Å². The number of nitrogens with one attached hydrogen (secondary N) is 1. The second-order valence-electron chi connectivity index (χ2n) is 3.01. The third kappa shape index (κ3) is 1.57. The molecule has 1 rings (SSSR count). The molecule has 2 amide bonds. The van der Waals surface area contributed by atoms with Crippen molar-refractivity contribution in [1.82, 2.24) is 10.2 Å². The van der Waals surface area contributed by atoms with Gasteiger partial charge in [-0.05, 0) is 13.3 Å². The zero-order chi connectivity index (χ0) is 9.14. The summed E-state index contributed by atoms with van der Waals surface area (Å²) < 4.78 is 0. The molecule has 1 saturated heterocycles. The van der Waals surface area contributed by atoms with Crippen molar-refractivity contribution >= 4 is 11.8 Å². The second-order valence-corrected chi connectivity index (χ2v) is 3.01. The fraction of sp³-hybridized carbons (Fsp3) is 0.750. The van der Waals surface area contributed by atoms with Gasteiger partial charge in [-0.1, -0.05) is 6.92 Å². The SMILES string of the molecule is CCC(C)N1CCNC(=O)C1=O. The molecule has 68 valence electrons. The van der Waals surface area contributed by atoms with Gasteiger partial charge in [0.15, 0.2) is 0 Å². The molecule has 0 aliphatic carbocycles. The van der Waals surface area contributed by atoms with E-state index in [1.54, 1.807) is 4.90 Å². The van der Waals surface area contributed by atoms with Crippen LogP contribution in [0, 0.1) is 0 Å². The molecule has 4 nitrogen and oxygen atoms in total. The molecule has 1 aliphatic heterocycles. The minimum absolute atomic E-state index is 0.170. The number of carbonyl (C=O) groups excluding carboxylic acids is 2. The fourth-order valence-corrected chi connectivity index (χ4v) is 1.24. The predicted molar refractivity (Wildman–Crippen MR) is 44.5 cm³/mol. The summed E-state index contributed by atoms with van der Waals surface area (Å²) in [4.78, 5) is 23.8. The molecule has 0 bridgehead atoms. The molecule has 0 radical (unpaired) electrons. The number of amides is 2. The third-order valence-corrected chi connectivity index (χ3v) is 2.22. The Hall–Kier alpha value is -1.06. The van der Waals surface area contributed by atoms with Crippen molar-refractivity contribution in [3.63, 3.8) is 0 Å². The molecule has 1 heterocycles. The summed E-state index contributed by atoms with van der Waals surface area (Å²) >= 11 is 0. The van der Waals surface area contributed by atoms with Crippen LogP contribution in [0.4, 0.5) is 0 Å². The predicted octanol–water partition coefficient (Wildman–Crippen LogP) is -0.257. The molecule has 0 aromatic carbocycles. The van der Waals surface area contributed by atoms with E-state index in [1.165, 1.54) is 0 Å². The van der Waals surface area contributed by atoms with E-state index in [4.69, 9.17) is 0 Å². The van der Waals surface area contributed by atoms with Crippen LogP contribution in [-0.2, 0) is 9.59 Å². The highest BCUT2D eigenvalue weighted by Crippen LogP contribution is 2.05. The summed E-state index contributed by atoms with van der Waals surface area (Å²) in [6.07, 6.45) is 0.888. The van der Waals surface area contributed by atoms with Crippen LogP contribution < -0.4 is 5.32 Å². The first kappa shape index (κ1) is 9.03. The van der Waals surface area contributed by atoms with Gasteiger partial charge in [-0.2, -0.15) is 0 Å². The lowest BCUT2D eigenvalue weighted by molar-refractivity contribution is -0.149. The van der Waals surface area contributed by atoms with Gasteiger partial charge in [-0.3, -0.25) is 9.59 Å². The van der Waals surface area contributed by atoms with Gasteiger partial charge >= 0.3 is 11.8 Å². The van der Waals surface area contributed by atoms with E-state index in [1.807, 2.05) is 13.8 Å². The van der Waals surface area contributed by atoms with Crippen LogP contribution in [0.25, 0.3) is 0 Å². The Bertz CT molecular complexity index is 203. The van der Waals surface area contributed by atoms with Gasteiger partial charge in [0, 0.05) is 19.1 Å². The first-order valence-corrected chi connectivity index (χ1v) is 4.25. The molecule has 12 heavy (non-hydrogen) atoms. The molecule has 0 spiro atoms. The topological polar surface area (TPSA) is 49.4 Å². The van der Waals surface area contributed by atoms with Crippen molar-refractivity contribution in [2.75, 3.05) is 13.1 Å². The van der Waals surface area contributed by atoms with Crippen molar-refractivity contribution in [3.8, 4) is 0 Å². The van der Waals surface area contributed by atoms with Crippen LogP contribution in [0.2, 0.25) is 0 Å². The standard InChI is InChI=1S/C8H14N2O2/c1-3-6(2)10-5-4-9-7(11)8(10)12/h6H,3-5H2,1-2H3,(H,9,11). The highest BCUT2D eigenvalue weighted by Gasteiger charge is 2.28. The summed E-state index contributed by atoms with van der Waals surface area (Å²) in [5.41, 5.74) is 0. The van der Waals surface area contributed by atoms with Gasteiger partial charge < -0.3 is 10.2 Å². The first-order valence-electron chi connectivity index (χ1n) is 4.25. The van der Waals surface area contributed by atoms with Crippen LogP contribution in [-0.4, -0.2) is 35.8 Å². The zero-order valence-electron chi connectivity index (χ0n) is 7.46. The fourth-order valence-electron chi connectivity index (χ4n) is 1.24. The lowest BCUT2D eigenvalue weighted by Crippen LogP contribution is -2.54. The smallest absolute Gasteiger partial charge is 0.312 e. The molecule has 0 aromatic heterocycles. The second kappa shape index (κ2) is 3.56. The monoisotopic (exact) mass is 170 g/mol. The van der Waals surface area contributed by atoms with Crippen molar-refractivity contribution in [2.45, 2.75) is 26.3 Å². The van der Waals surface area contributed by atoms with Gasteiger partial charge in [0.2, 0.25) is 0 Å². The van der Waals surface area contributed by atoms with Crippen LogP contribution in [0.1, 0.15) is 20.3 Å². The molecule has 1 N–H and O–H groups in total. The lowest BCUT2D eigenvalue weighted by atomic mass is 10.2. The normalized spacial score (nSPS) is 20.7. The maximum atomic E-state index is 11.2. The minimum atomic E-state index is -0.471. The van der Waals surface area contributed by atoms with E-state index < -0.39 is 11.8 Å². The summed E-state index contributed by atoms with van der Waals surface area (Å²) in [6.45, 7) is 5.18. The molecular formula is C8H14N2O2. The lowest BCUT2D eigenvalue weighted by Gasteiger charge is -2.31. The van der Waals surface area contributed by atoms with Crippen molar-refractivity contribution < 1.29 is 9.59 Å². The van der Waals surface area contributed by atoms with Crippen molar-refractivity contribution in [1.29, 1.82) is 0 Å². The van der Waals surface area contributed by atoms with Crippen LogP contribution in [0.3, 0.4) is 0 Å². The third-order valence-electron chi connectivity index (χ3n) is 2.22. The van der Waals surface area contributed by atoms with E-state index >= 15 is 0 Å². The number of carbonyl (C=O) groups is 2. The Labute approximate surface area is 71.9 Å². The largest absolute Gasteiger partial charge is 0.346 e.